The summed E-state index contributed by atoms with van der Waals surface area (Å²) in [6.07, 6.45) is 7.47. The molecule has 2 heteroatoms. The van der Waals surface area contributed by atoms with Crippen LogP contribution in [0.3, 0.4) is 0 Å². The zero-order valence-electron chi connectivity index (χ0n) is 5.07. The predicted octanol–water partition coefficient (Wildman–Crippen LogP) is 2.75. The van der Waals surface area contributed by atoms with Crippen LogP contribution < -0.4 is 0 Å². The molecule has 0 aromatic rings. The van der Waals surface area contributed by atoms with Crippen LogP contribution in [0.15, 0.2) is 0 Å². The third-order valence-electron chi connectivity index (χ3n) is 1.83. The molecule has 0 heterocycles. The molecule has 45 valence electrons. The van der Waals surface area contributed by atoms with E-state index < -0.39 is 0 Å². The third kappa shape index (κ3) is 2.09. The van der Waals surface area contributed by atoms with Crippen LogP contribution in [0.4, 0.5) is 0 Å². The van der Waals surface area contributed by atoms with Crippen LogP contribution in [0, 0.1) is 0 Å². The molecule has 0 bridgehead atoms. The van der Waals surface area contributed by atoms with E-state index in [0.717, 1.165) is 4.78 Å². The summed E-state index contributed by atoms with van der Waals surface area (Å²) in [7, 11) is 0. The Morgan fingerprint density at radius 1 is 1.12 bits per heavy atom. The highest BCUT2D eigenvalue weighted by molar-refractivity contribution is 9.23. The van der Waals surface area contributed by atoms with Gasteiger partial charge in [-0.05, 0) is 0 Å². The van der Waals surface area contributed by atoms with Crippen molar-refractivity contribution < 1.29 is 0 Å². The van der Waals surface area contributed by atoms with Gasteiger partial charge in [0.15, 0.2) is 0 Å². The molecule has 0 spiro atoms. The van der Waals surface area contributed by atoms with Crippen molar-refractivity contribution in [1.82, 2.24) is 0 Å². The normalized spacial score (nSPS) is 23.1. The Hall–Kier alpha value is 1.01. The molecule has 8 heavy (non-hydrogen) atoms. The van der Waals surface area contributed by atoms with E-state index in [1.165, 1.54) is 32.1 Å². The predicted molar refractivity (Wildman–Crippen MR) is 41.5 cm³/mol. The van der Waals surface area contributed by atoms with E-state index in [-0.39, 0.29) is 0 Å². The van der Waals surface area contributed by atoms with Crippen LogP contribution in [0.25, 0.3) is 0 Å². The Bertz CT molecular complexity index is 59.5. The molecule has 0 N–H and O–H groups in total. The van der Waals surface area contributed by atoms with Gasteiger partial charge in [-0.15, -0.1) is 0 Å². The van der Waals surface area contributed by atoms with Crippen molar-refractivity contribution in [3.05, 3.63) is 0 Å². The first-order chi connectivity index (χ1) is 3.93. The highest BCUT2D eigenvalue weighted by Crippen LogP contribution is 2.28. The molecule has 1 aliphatic carbocycles. The van der Waals surface area contributed by atoms with Crippen molar-refractivity contribution in [3.63, 3.8) is 0 Å². The smallest absolute Gasteiger partial charge is 0.232 e. The second kappa shape index (κ2) is 3.93. The molecule has 1 rings (SSSR count). The lowest BCUT2D eigenvalue weighted by atomic mass is 10.0. The Balaban J connectivity index is 2.13. The van der Waals surface area contributed by atoms with Crippen LogP contribution in [0.1, 0.15) is 32.1 Å². The lowest BCUT2D eigenvalue weighted by molar-refractivity contribution is 0.503. The van der Waals surface area contributed by atoms with Gasteiger partial charge in [-0.1, -0.05) is 36.9 Å². The average molecular weight is 190 g/mol. The van der Waals surface area contributed by atoms with E-state index in [0.29, 0.717) is 13.4 Å². The maximum atomic E-state index is 3.59. The number of rotatable bonds is 1. The largest absolute Gasteiger partial charge is 0.320 e. The maximum absolute atomic E-state index is 3.59. The molecule has 1 radical (unpaired) electrons. The standard InChI is InChI=1S/C6H11.Al.BrH/c1-2-4-6-5-3-1;;/h1H,2-6H2;;1H/q;+1;/p-1. The summed E-state index contributed by atoms with van der Waals surface area (Å²) in [4.78, 5) is 0. The molecule has 0 amide bonds. The minimum absolute atomic E-state index is 0.600. The Labute approximate surface area is 64.4 Å². The Kier molecular flexibility index (Phi) is 3.50. The minimum atomic E-state index is 0.600. The van der Waals surface area contributed by atoms with Crippen molar-refractivity contribution in [2.24, 2.45) is 0 Å². The molecule has 0 nitrogen and oxygen atoms in total. The van der Waals surface area contributed by atoms with Gasteiger partial charge in [0.25, 0.3) is 0 Å². The number of hydrogen-bond acceptors (Lipinski definition) is 0. The van der Waals surface area contributed by atoms with Crippen LogP contribution in [-0.4, -0.2) is 13.4 Å². The van der Waals surface area contributed by atoms with E-state index in [4.69, 9.17) is 0 Å². The summed E-state index contributed by atoms with van der Waals surface area (Å²) in [6, 6.07) is 0. The lowest BCUT2D eigenvalue weighted by Crippen LogP contribution is -2.02. The monoisotopic (exact) mass is 189 g/mol. The zero-order chi connectivity index (χ0) is 5.82. The molecule has 0 saturated heterocycles. The highest BCUT2D eigenvalue weighted by Gasteiger charge is 2.12. The molecule has 0 aromatic carbocycles. The Morgan fingerprint density at radius 3 is 2.12 bits per heavy atom. The van der Waals surface area contributed by atoms with Crippen LogP contribution in [0.5, 0.6) is 0 Å². The quantitative estimate of drug-likeness (QED) is 0.557. The second-order valence-electron chi connectivity index (χ2n) is 2.52. The Morgan fingerprint density at radius 2 is 1.75 bits per heavy atom. The van der Waals surface area contributed by atoms with Crippen molar-refractivity contribution >= 4 is 27.4 Å². The first-order valence-electron chi connectivity index (χ1n) is 3.37. The number of halogens is 1. The summed E-state index contributed by atoms with van der Waals surface area (Å²) in [6.45, 7) is 0. The summed E-state index contributed by atoms with van der Waals surface area (Å²) in [5.74, 6) is 0. The first kappa shape index (κ1) is 7.12. The summed E-state index contributed by atoms with van der Waals surface area (Å²) in [5.41, 5.74) is 0. The molecular formula is C6H11AlBr. The SMILES string of the molecule is [Br][Al][CH]1CCCCC1. The summed E-state index contributed by atoms with van der Waals surface area (Å²) < 4.78 is 1.09. The lowest BCUT2D eigenvalue weighted by Gasteiger charge is -2.17. The molecule has 1 saturated carbocycles. The first-order valence-corrected chi connectivity index (χ1v) is 7.22. The molecule has 1 fully saturated rings. The van der Waals surface area contributed by atoms with Crippen molar-refractivity contribution in [3.8, 4) is 0 Å². The van der Waals surface area contributed by atoms with Crippen LogP contribution >= 0.6 is 14.1 Å². The molecule has 1 aliphatic rings. The fraction of sp³-hybridized carbons (Fsp3) is 1.00. The van der Waals surface area contributed by atoms with Gasteiger partial charge in [-0.2, -0.15) is 0 Å². The molecule has 0 aliphatic heterocycles. The van der Waals surface area contributed by atoms with E-state index in [9.17, 15) is 0 Å². The average Bonchev–Trinajstić information content (AvgIpc) is 1.90. The van der Waals surface area contributed by atoms with Gasteiger partial charge in [-0.3, -0.25) is 0 Å². The van der Waals surface area contributed by atoms with E-state index >= 15 is 0 Å². The van der Waals surface area contributed by atoms with Gasteiger partial charge in [-0.25, -0.2) is 14.1 Å². The van der Waals surface area contributed by atoms with Gasteiger partial charge in [0.05, 0.1) is 0 Å². The van der Waals surface area contributed by atoms with Crippen LogP contribution in [0.2, 0.25) is 4.78 Å². The number of hydrogen-bond donors (Lipinski definition) is 0. The topological polar surface area (TPSA) is 0 Å². The molecule has 0 atom stereocenters. The fourth-order valence-electron chi connectivity index (χ4n) is 1.26. The second-order valence-corrected chi connectivity index (χ2v) is 5.30. The van der Waals surface area contributed by atoms with E-state index in [1.54, 1.807) is 0 Å². The van der Waals surface area contributed by atoms with E-state index in [1.807, 2.05) is 0 Å². The van der Waals surface area contributed by atoms with Crippen LogP contribution in [-0.2, 0) is 0 Å². The molecule has 0 unspecified atom stereocenters. The van der Waals surface area contributed by atoms with Gasteiger partial charge in [0, 0.05) is 0 Å². The van der Waals surface area contributed by atoms with Crippen molar-refractivity contribution in [2.75, 3.05) is 0 Å². The third-order valence-corrected chi connectivity index (χ3v) is 5.09. The van der Waals surface area contributed by atoms with E-state index in [2.05, 4.69) is 14.1 Å². The molecular weight excluding hydrogens is 179 g/mol. The van der Waals surface area contributed by atoms with Crippen molar-refractivity contribution in [1.29, 1.82) is 0 Å². The van der Waals surface area contributed by atoms with Crippen molar-refractivity contribution in [2.45, 2.75) is 36.9 Å². The zero-order valence-corrected chi connectivity index (χ0v) is 7.81. The minimum Gasteiger partial charge on any atom is -0.232 e. The summed E-state index contributed by atoms with van der Waals surface area (Å²) >= 11 is 4.19. The van der Waals surface area contributed by atoms with Gasteiger partial charge in [0.2, 0.25) is 0 Å². The van der Waals surface area contributed by atoms with Gasteiger partial charge >= 0.3 is 13.4 Å². The maximum Gasteiger partial charge on any atom is 0.320 e. The van der Waals surface area contributed by atoms with Gasteiger partial charge in [0.1, 0.15) is 0 Å². The highest BCUT2D eigenvalue weighted by atomic mass is 79.9. The fourth-order valence-corrected chi connectivity index (χ4v) is 3.57. The molecule has 0 aromatic heterocycles. The van der Waals surface area contributed by atoms with Gasteiger partial charge < -0.3 is 0 Å². The summed E-state index contributed by atoms with van der Waals surface area (Å²) in [5, 5.41) is 0.